The highest BCUT2D eigenvalue weighted by molar-refractivity contribution is 6.07. The van der Waals surface area contributed by atoms with E-state index in [0.717, 1.165) is 29.5 Å². The van der Waals surface area contributed by atoms with Gasteiger partial charge in [0.05, 0.1) is 12.0 Å². The smallest absolute Gasteiger partial charge is 0.316 e. The van der Waals surface area contributed by atoms with E-state index in [1.54, 1.807) is 20.8 Å². The van der Waals surface area contributed by atoms with Gasteiger partial charge in [-0.1, -0.05) is 94.1 Å². The third-order valence-corrected chi connectivity index (χ3v) is 5.93. The Morgan fingerprint density at radius 2 is 1.21 bits per heavy atom. The van der Waals surface area contributed by atoms with Crippen LogP contribution >= 0.6 is 0 Å². The van der Waals surface area contributed by atoms with Gasteiger partial charge in [0.1, 0.15) is 19.1 Å². The second kappa shape index (κ2) is 19.5. The third kappa shape index (κ3) is 13.2. The Bertz CT molecular complexity index is 1060. The minimum atomic E-state index is -0.775. The lowest BCUT2D eigenvalue weighted by molar-refractivity contribution is -0.153. The van der Waals surface area contributed by atoms with Gasteiger partial charge in [-0.3, -0.25) is 14.4 Å². The number of hydrogen-bond donors (Lipinski definition) is 1. The maximum atomic E-state index is 11.9. The Morgan fingerprint density at radius 3 is 1.64 bits per heavy atom. The van der Waals surface area contributed by atoms with Crippen LogP contribution in [-0.4, -0.2) is 28.9 Å². The lowest BCUT2D eigenvalue weighted by Gasteiger charge is -2.18. The zero-order valence-corrected chi connectivity index (χ0v) is 23.5. The number of esters is 2. The topological polar surface area (TPSA) is 89.9 Å². The van der Waals surface area contributed by atoms with Crippen molar-refractivity contribution in [2.45, 2.75) is 81.1 Å². The molecule has 2 unspecified atom stereocenters. The number of carbonyl (C=O) groups is 3. The van der Waals surface area contributed by atoms with E-state index in [9.17, 15) is 19.5 Å². The van der Waals surface area contributed by atoms with Gasteiger partial charge in [0.2, 0.25) is 0 Å². The summed E-state index contributed by atoms with van der Waals surface area (Å²) in [4.78, 5) is 35.6. The molecular formula is C33H46O6. The first-order chi connectivity index (χ1) is 18.1. The van der Waals surface area contributed by atoms with E-state index in [1.165, 1.54) is 0 Å². The van der Waals surface area contributed by atoms with Gasteiger partial charge >= 0.3 is 11.9 Å². The van der Waals surface area contributed by atoms with Crippen LogP contribution in [0.15, 0.2) is 84.0 Å². The quantitative estimate of drug-likeness (QED) is 0.135. The molecule has 6 nitrogen and oxygen atoms in total. The van der Waals surface area contributed by atoms with Gasteiger partial charge in [-0.25, -0.2) is 0 Å². The fourth-order valence-corrected chi connectivity index (χ4v) is 3.54. The second-order valence-electron chi connectivity index (χ2n) is 9.16. The number of ether oxygens (including phenoxy) is 2. The van der Waals surface area contributed by atoms with Crippen molar-refractivity contribution in [1.29, 1.82) is 0 Å². The van der Waals surface area contributed by atoms with Gasteiger partial charge < -0.3 is 14.6 Å². The Kier molecular flexibility index (Phi) is 17.8. The number of aliphatic hydroxyl groups excluding tert-OH is 1. The molecule has 0 radical (unpaired) electrons. The molecule has 0 saturated heterocycles. The lowest BCUT2D eigenvalue weighted by atomic mass is 9.98. The molecule has 214 valence electrons. The van der Waals surface area contributed by atoms with Gasteiger partial charge in [-0.2, -0.15) is 0 Å². The number of Topliss-reactive ketones (excluding diaryl/α,β-unsaturated/α-hetero) is 1. The summed E-state index contributed by atoms with van der Waals surface area (Å²) in [5, 5.41) is 10.0. The van der Waals surface area contributed by atoms with Crippen molar-refractivity contribution in [1.82, 2.24) is 0 Å². The molecule has 2 aromatic rings. The second-order valence-corrected chi connectivity index (χ2v) is 9.16. The number of hydrogen-bond acceptors (Lipinski definition) is 6. The summed E-state index contributed by atoms with van der Waals surface area (Å²) in [6.07, 6.45) is 4.59. The van der Waals surface area contributed by atoms with Crippen LogP contribution in [0.2, 0.25) is 0 Å². The van der Waals surface area contributed by atoms with E-state index in [4.69, 9.17) is 9.47 Å². The SMILES string of the molecule is C.CC/C=C(\C)C(=O)C(C)C(=O)OCc1ccccc1.CC/C=C(\C)[C@H](O)C(C)C(=O)OCc1ccccc1. The van der Waals surface area contributed by atoms with Crippen LogP contribution in [0.25, 0.3) is 0 Å². The molecule has 0 aromatic heterocycles. The van der Waals surface area contributed by atoms with Gasteiger partial charge in [0.25, 0.3) is 0 Å². The van der Waals surface area contributed by atoms with Crippen molar-refractivity contribution < 1.29 is 29.0 Å². The van der Waals surface area contributed by atoms with Crippen molar-refractivity contribution in [2.75, 3.05) is 0 Å². The standard InChI is InChI=1S/C16H22O3.C16H20O3.CH4/c2*1-4-8-12(2)15(17)13(3)16(18)19-11-14-9-6-5-7-10-14;/h5-10,13,15,17H,4,11H2,1-3H3;5-10,13H,4,11H2,1-3H3;1H4/b2*12-8+;/t13?,15-;;/m0../s1. The van der Waals surface area contributed by atoms with Crippen LogP contribution < -0.4 is 0 Å². The summed E-state index contributed by atoms with van der Waals surface area (Å²) in [6, 6.07) is 18.9. The molecule has 0 fully saturated rings. The summed E-state index contributed by atoms with van der Waals surface area (Å²) in [6.45, 7) is 11.2. The summed E-state index contributed by atoms with van der Waals surface area (Å²) in [5.41, 5.74) is 3.29. The average molecular weight is 539 g/mol. The molecule has 0 bridgehead atoms. The average Bonchev–Trinajstić information content (AvgIpc) is 2.94. The van der Waals surface area contributed by atoms with E-state index in [1.807, 2.05) is 93.6 Å². The van der Waals surface area contributed by atoms with E-state index in [-0.39, 0.29) is 32.4 Å². The third-order valence-electron chi connectivity index (χ3n) is 5.93. The molecule has 2 rings (SSSR count). The monoisotopic (exact) mass is 538 g/mol. The molecule has 0 heterocycles. The molecular weight excluding hydrogens is 492 g/mol. The Balaban J connectivity index is 0.000000722. The molecule has 0 amide bonds. The zero-order valence-electron chi connectivity index (χ0n) is 23.5. The molecule has 0 spiro atoms. The fraction of sp³-hybridized carbons (Fsp3) is 0.424. The first kappa shape index (κ1) is 35.5. The van der Waals surface area contributed by atoms with E-state index in [0.29, 0.717) is 5.57 Å². The van der Waals surface area contributed by atoms with Crippen LogP contribution in [0.5, 0.6) is 0 Å². The number of benzene rings is 2. The summed E-state index contributed by atoms with van der Waals surface area (Å²) < 4.78 is 10.4. The molecule has 0 aliphatic rings. The predicted octanol–water partition coefficient (Wildman–Crippen LogP) is 7.01. The number of carbonyl (C=O) groups excluding carboxylic acids is 3. The summed E-state index contributed by atoms with van der Waals surface area (Å²) >= 11 is 0. The molecule has 6 heteroatoms. The van der Waals surface area contributed by atoms with E-state index >= 15 is 0 Å². The van der Waals surface area contributed by atoms with Crippen molar-refractivity contribution in [3.05, 3.63) is 95.1 Å². The Morgan fingerprint density at radius 1 is 0.769 bits per heavy atom. The normalized spacial score (nSPS) is 13.5. The van der Waals surface area contributed by atoms with E-state index < -0.39 is 23.9 Å². The van der Waals surface area contributed by atoms with Crippen molar-refractivity contribution in [2.24, 2.45) is 11.8 Å². The van der Waals surface area contributed by atoms with Crippen molar-refractivity contribution in [3.63, 3.8) is 0 Å². The first-order valence-electron chi connectivity index (χ1n) is 13.1. The van der Waals surface area contributed by atoms with E-state index in [2.05, 4.69) is 0 Å². The molecule has 3 atom stereocenters. The highest BCUT2D eigenvalue weighted by Gasteiger charge is 2.25. The van der Waals surface area contributed by atoms with Crippen LogP contribution in [-0.2, 0) is 37.1 Å². The zero-order chi connectivity index (χ0) is 28.5. The molecule has 0 aliphatic carbocycles. The Hall–Kier alpha value is -3.51. The minimum Gasteiger partial charge on any atom is -0.461 e. The number of ketones is 1. The highest BCUT2D eigenvalue weighted by Crippen LogP contribution is 2.15. The van der Waals surface area contributed by atoms with Gasteiger partial charge in [0, 0.05) is 0 Å². The van der Waals surface area contributed by atoms with Gasteiger partial charge in [-0.05, 0) is 62.8 Å². The highest BCUT2D eigenvalue weighted by atomic mass is 16.5. The fourth-order valence-electron chi connectivity index (χ4n) is 3.54. The minimum absolute atomic E-state index is 0. The summed E-state index contributed by atoms with van der Waals surface area (Å²) in [5.74, 6) is -2.31. The maximum absolute atomic E-state index is 11.9. The molecule has 0 saturated carbocycles. The number of rotatable bonds is 12. The predicted molar refractivity (Wildman–Crippen MR) is 157 cm³/mol. The van der Waals surface area contributed by atoms with Crippen LogP contribution in [0.3, 0.4) is 0 Å². The lowest BCUT2D eigenvalue weighted by Crippen LogP contribution is -2.28. The Labute approximate surface area is 234 Å². The number of aliphatic hydroxyl groups is 1. The largest absolute Gasteiger partial charge is 0.461 e. The first-order valence-corrected chi connectivity index (χ1v) is 13.1. The summed E-state index contributed by atoms with van der Waals surface area (Å²) in [7, 11) is 0. The van der Waals surface area contributed by atoms with Crippen LogP contribution in [0, 0.1) is 11.8 Å². The maximum Gasteiger partial charge on any atom is 0.316 e. The molecule has 0 aliphatic heterocycles. The number of allylic oxidation sites excluding steroid dienone is 3. The van der Waals surface area contributed by atoms with Crippen molar-refractivity contribution >= 4 is 17.7 Å². The molecule has 2 aromatic carbocycles. The molecule has 1 N–H and O–H groups in total. The van der Waals surface area contributed by atoms with Crippen LogP contribution in [0.4, 0.5) is 0 Å². The van der Waals surface area contributed by atoms with Gasteiger partial charge in [-0.15, -0.1) is 0 Å². The molecule has 39 heavy (non-hydrogen) atoms. The van der Waals surface area contributed by atoms with Crippen LogP contribution in [0.1, 0.15) is 72.9 Å². The van der Waals surface area contributed by atoms with Gasteiger partial charge in [0.15, 0.2) is 5.78 Å². The van der Waals surface area contributed by atoms with Crippen molar-refractivity contribution in [3.8, 4) is 0 Å².